The molecule has 0 radical (unpaired) electrons. The molecule has 1 saturated heterocycles. The molecule has 0 aromatic heterocycles. The molecule has 0 aliphatic carbocycles. The Morgan fingerprint density at radius 3 is 2.85 bits per heavy atom. The van der Waals surface area contributed by atoms with Gasteiger partial charge in [-0.05, 0) is 31.5 Å². The highest BCUT2D eigenvalue weighted by atomic mass is 16.2. The molecule has 1 aromatic carbocycles. The van der Waals surface area contributed by atoms with E-state index in [1.807, 2.05) is 31.2 Å². The molecule has 5 nitrogen and oxygen atoms in total. The zero-order valence-electron chi connectivity index (χ0n) is 11.8. The number of anilines is 2. The molecule has 5 heteroatoms. The molecule has 2 amide bonds. The third-order valence-electron chi connectivity index (χ3n) is 3.57. The Morgan fingerprint density at radius 1 is 1.45 bits per heavy atom. The van der Waals surface area contributed by atoms with E-state index in [2.05, 4.69) is 5.32 Å². The minimum Gasteiger partial charge on any atom is -0.330 e. The lowest BCUT2D eigenvalue weighted by Gasteiger charge is -2.21. The van der Waals surface area contributed by atoms with Gasteiger partial charge in [-0.3, -0.25) is 9.59 Å². The Balaban J connectivity index is 2.16. The van der Waals surface area contributed by atoms with E-state index < -0.39 is 0 Å². The number of hydrogen-bond acceptors (Lipinski definition) is 3. The number of rotatable bonds is 5. The number of amides is 2. The van der Waals surface area contributed by atoms with Gasteiger partial charge < -0.3 is 16.0 Å². The molecule has 1 aliphatic rings. The summed E-state index contributed by atoms with van der Waals surface area (Å²) in [7, 11) is 0. The third-order valence-corrected chi connectivity index (χ3v) is 3.57. The standard InChI is InChI=1S/C15H21N3O2/c1-11(8-9-16)15(20)17-12-5-2-3-6-13(12)18-10-4-7-14(18)19/h2-3,5-6,11H,4,7-10,16H2,1H3,(H,17,20). The quantitative estimate of drug-likeness (QED) is 0.859. The van der Waals surface area contributed by atoms with Gasteiger partial charge in [0.05, 0.1) is 11.4 Å². The van der Waals surface area contributed by atoms with Crippen LogP contribution in [0.1, 0.15) is 26.2 Å². The van der Waals surface area contributed by atoms with Gasteiger partial charge in [0.1, 0.15) is 0 Å². The van der Waals surface area contributed by atoms with Gasteiger partial charge in [0.2, 0.25) is 11.8 Å². The summed E-state index contributed by atoms with van der Waals surface area (Å²) in [4.78, 5) is 25.7. The Kier molecular flexibility index (Phi) is 4.74. The molecule has 20 heavy (non-hydrogen) atoms. The van der Waals surface area contributed by atoms with E-state index in [9.17, 15) is 9.59 Å². The van der Waals surface area contributed by atoms with Crippen molar-refractivity contribution in [3.8, 4) is 0 Å². The molecule has 1 fully saturated rings. The average Bonchev–Trinajstić information content (AvgIpc) is 2.86. The second-order valence-electron chi connectivity index (χ2n) is 5.13. The number of nitrogens with two attached hydrogens (primary N) is 1. The first kappa shape index (κ1) is 14.5. The minimum atomic E-state index is -0.137. The molecule has 2 rings (SSSR count). The fourth-order valence-corrected chi connectivity index (χ4v) is 2.35. The molecular formula is C15H21N3O2. The lowest BCUT2D eigenvalue weighted by Crippen LogP contribution is -2.27. The summed E-state index contributed by atoms with van der Waals surface area (Å²) in [6.45, 7) is 3.05. The number of carbonyl (C=O) groups is 2. The molecule has 1 heterocycles. The second-order valence-corrected chi connectivity index (χ2v) is 5.13. The monoisotopic (exact) mass is 275 g/mol. The van der Waals surface area contributed by atoms with Gasteiger partial charge in [-0.25, -0.2) is 0 Å². The van der Waals surface area contributed by atoms with Gasteiger partial charge in [0.25, 0.3) is 0 Å². The van der Waals surface area contributed by atoms with E-state index in [0.29, 0.717) is 31.6 Å². The van der Waals surface area contributed by atoms with Crippen LogP contribution in [0.3, 0.4) is 0 Å². The minimum absolute atomic E-state index is 0.0606. The van der Waals surface area contributed by atoms with Crippen molar-refractivity contribution in [2.45, 2.75) is 26.2 Å². The molecule has 0 spiro atoms. The molecule has 108 valence electrons. The molecule has 0 saturated carbocycles. The summed E-state index contributed by atoms with van der Waals surface area (Å²) >= 11 is 0. The molecule has 3 N–H and O–H groups in total. The van der Waals surface area contributed by atoms with Gasteiger partial charge in [0.15, 0.2) is 0 Å². The van der Waals surface area contributed by atoms with Crippen LogP contribution in [0.15, 0.2) is 24.3 Å². The predicted molar refractivity (Wildman–Crippen MR) is 79.5 cm³/mol. The van der Waals surface area contributed by atoms with Crippen LogP contribution >= 0.6 is 0 Å². The second kappa shape index (κ2) is 6.52. The number of carbonyl (C=O) groups excluding carboxylic acids is 2. The molecule has 1 unspecified atom stereocenters. The number of benzene rings is 1. The zero-order chi connectivity index (χ0) is 14.5. The molecule has 1 aliphatic heterocycles. The number of para-hydroxylation sites is 2. The fraction of sp³-hybridized carbons (Fsp3) is 0.467. The summed E-state index contributed by atoms with van der Waals surface area (Å²) in [5.41, 5.74) is 6.95. The maximum absolute atomic E-state index is 12.1. The number of nitrogens with one attached hydrogen (secondary N) is 1. The van der Waals surface area contributed by atoms with Crippen molar-refractivity contribution in [2.75, 3.05) is 23.3 Å². The third kappa shape index (κ3) is 3.17. The predicted octanol–water partition coefficient (Wildman–Crippen LogP) is 1.74. The summed E-state index contributed by atoms with van der Waals surface area (Å²) in [6, 6.07) is 7.42. The van der Waals surface area contributed by atoms with Gasteiger partial charge >= 0.3 is 0 Å². The fourth-order valence-electron chi connectivity index (χ4n) is 2.35. The van der Waals surface area contributed by atoms with Crippen LogP contribution in [-0.4, -0.2) is 24.9 Å². The first-order chi connectivity index (χ1) is 9.63. The number of nitrogens with zero attached hydrogens (tertiary/aromatic N) is 1. The van der Waals surface area contributed by atoms with E-state index in [1.54, 1.807) is 4.90 Å². The highest BCUT2D eigenvalue weighted by molar-refractivity contribution is 6.02. The highest BCUT2D eigenvalue weighted by Gasteiger charge is 2.24. The van der Waals surface area contributed by atoms with E-state index in [4.69, 9.17) is 5.73 Å². The maximum atomic E-state index is 12.1. The van der Waals surface area contributed by atoms with Crippen molar-refractivity contribution in [2.24, 2.45) is 11.7 Å². The van der Waals surface area contributed by atoms with Crippen LogP contribution < -0.4 is 16.0 Å². The van der Waals surface area contributed by atoms with Crippen LogP contribution in [0.25, 0.3) is 0 Å². The maximum Gasteiger partial charge on any atom is 0.227 e. The Hall–Kier alpha value is -1.88. The van der Waals surface area contributed by atoms with Crippen molar-refractivity contribution < 1.29 is 9.59 Å². The van der Waals surface area contributed by atoms with Crippen LogP contribution in [0.4, 0.5) is 11.4 Å². The van der Waals surface area contributed by atoms with Crippen molar-refractivity contribution in [3.05, 3.63) is 24.3 Å². The molecular weight excluding hydrogens is 254 g/mol. The van der Waals surface area contributed by atoms with Crippen molar-refractivity contribution in [1.29, 1.82) is 0 Å². The highest BCUT2D eigenvalue weighted by Crippen LogP contribution is 2.29. The normalized spacial score (nSPS) is 16.3. The SMILES string of the molecule is CC(CCN)C(=O)Nc1ccccc1N1CCCC1=O. The van der Waals surface area contributed by atoms with Crippen LogP contribution in [-0.2, 0) is 9.59 Å². The van der Waals surface area contributed by atoms with Crippen LogP contribution in [0, 0.1) is 5.92 Å². The zero-order valence-corrected chi connectivity index (χ0v) is 11.8. The Labute approximate surface area is 119 Å². The van der Waals surface area contributed by atoms with Crippen molar-refractivity contribution in [1.82, 2.24) is 0 Å². The summed E-state index contributed by atoms with van der Waals surface area (Å²) in [5.74, 6) is -0.0846. The molecule has 1 aromatic rings. The van der Waals surface area contributed by atoms with Gasteiger partial charge in [0, 0.05) is 18.9 Å². The van der Waals surface area contributed by atoms with E-state index >= 15 is 0 Å². The lowest BCUT2D eigenvalue weighted by molar-refractivity contribution is -0.119. The summed E-state index contributed by atoms with van der Waals surface area (Å²) < 4.78 is 0. The average molecular weight is 275 g/mol. The van der Waals surface area contributed by atoms with E-state index in [-0.39, 0.29) is 17.7 Å². The Morgan fingerprint density at radius 2 is 2.20 bits per heavy atom. The van der Waals surface area contributed by atoms with E-state index in [0.717, 1.165) is 12.1 Å². The smallest absolute Gasteiger partial charge is 0.227 e. The summed E-state index contributed by atoms with van der Waals surface area (Å²) in [5, 5.41) is 2.90. The van der Waals surface area contributed by atoms with Crippen LogP contribution in [0.5, 0.6) is 0 Å². The first-order valence-corrected chi connectivity index (χ1v) is 7.04. The summed E-state index contributed by atoms with van der Waals surface area (Å²) in [6.07, 6.45) is 2.09. The number of hydrogen-bond donors (Lipinski definition) is 2. The van der Waals surface area contributed by atoms with Crippen molar-refractivity contribution >= 4 is 23.2 Å². The molecule has 0 bridgehead atoms. The van der Waals surface area contributed by atoms with E-state index in [1.165, 1.54) is 0 Å². The van der Waals surface area contributed by atoms with Gasteiger partial charge in [-0.2, -0.15) is 0 Å². The van der Waals surface area contributed by atoms with Gasteiger partial charge in [-0.15, -0.1) is 0 Å². The largest absolute Gasteiger partial charge is 0.330 e. The van der Waals surface area contributed by atoms with Gasteiger partial charge in [-0.1, -0.05) is 19.1 Å². The van der Waals surface area contributed by atoms with Crippen LogP contribution in [0.2, 0.25) is 0 Å². The Bertz CT molecular complexity index is 502. The first-order valence-electron chi connectivity index (χ1n) is 7.04. The van der Waals surface area contributed by atoms with Crippen molar-refractivity contribution in [3.63, 3.8) is 0 Å². The topological polar surface area (TPSA) is 75.4 Å². The molecule has 1 atom stereocenters. The lowest BCUT2D eigenvalue weighted by atomic mass is 10.1.